The van der Waals surface area contributed by atoms with E-state index >= 15 is 0 Å². The van der Waals surface area contributed by atoms with Crippen LogP contribution >= 0.6 is 11.3 Å². The smallest absolute Gasteiger partial charge is 0.253 e. The molecule has 0 atom stereocenters. The van der Waals surface area contributed by atoms with E-state index in [9.17, 15) is 4.79 Å². The van der Waals surface area contributed by atoms with E-state index in [0.29, 0.717) is 0 Å². The molecular weight excluding hydrogens is 232 g/mol. The second-order valence-corrected chi connectivity index (χ2v) is 5.13. The van der Waals surface area contributed by atoms with Crippen molar-refractivity contribution in [1.82, 2.24) is 9.88 Å². The van der Waals surface area contributed by atoms with Gasteiger partial charge in [0.2, 0.25) is 0 Å². The van der Waals surface area contributed by atoms with E-state index in [0.717, 1.165) is 33.9 Å². The molecule has 0 aliphatic rings. The normalized spacial score (nSPS) is 10.8. The first-order valence-electron chi connectivity index (χ1n) is 5.82. The number of nitrogens with zero attached hydrogens (tertiary/aromatic N) is 2. The molecule has 17 heavy (non-hydrogen) atoms. The number of hydrogen-bond donors (Lipinski definition) is 0. The number of benzene rings is 1. The lowest BCUT2D eigenvalue weighted by atomic mass is 10.2. The second kappa shape index (κ2) is 4.84. The highest BCUT2D eigenvalue weighted by molar-refractivity contribution is 7.18. The van der Waals surface area contributed by atoms with Gasteiger partial charge < -0.3 is 4.90 Å². The van der Waals surface area contributed by atoms with Crippen molar-refractivity contribution in [1.29, 1.82) is 0 Å². The van der Waals surface area contributed by atoms with Gasteiger partial charge in [-0.3, -0.25) is 4.79 Å². The Labute approximate surface area is 105 Å². The minimum atomic E-state index is 0.1000. The Bertz CT molecular complexity index is 543. The van der Waals surface area contributed by atoms with Crippen LogP contribution in [0.5, 0.6) is 0 Å². The van der Waals surface area contributed by atoms with Gasteiger partial charge >= 0.3 is 0 Å². The topological polar surface area (TPSA) is 33.2 Å². The maximum atomic E-state index is 12.2. The molecule has 0 aliphatic heterocycles. The van der Waals surface area contributed by atoms with Crippen molar-refractivity contribution in [3.05, 3.63) is 28.8 Å². The van der Waals surface area contributed by atoms with Gasteiger partial charge in [0, 0.05) is 18.7 Å². The molecule has 0 radical (unpaired) electrons. The van der Waals surface area contributed by atoms with Gasteiger partial charge in [-0.25, -0.2) is 4.98 Å². The lowest BCUT2D eigenvalue weighted by Gasteiger charge is -2.18. The second-order valence-electron chi connectivity index (χ2n) is 3.89. The summed E-state index contributed by atoms with van der Waals surface area (Å²) in [6.45, 7) is 7.47. The van der Waals surface area contributed by atoms with E-state index in [1.807, 2.05) is 43.9 Å². The van der Waals surface area contributed by atoms with E-state index in [1.54, 1.807) is 11.3 Å². The Morgan fingerprint density at radius 3 is 2.71 bits per heavy atom. The fourth-order valence-corrected chi connectivity index (χ4v) is 2.73. The summed E-state index contributed by atoms with van der Waals surface area (Å²) in [6, 6.07) is 5.73. The zero-order valence-corrected chi connectivity index (χ0v) is 11.2. The maximum absolute atomic E-state index is 12.2. The van der Waals surface area contributed by atoms with Gasteiger partial charge in [-0.2, -0.15) is 0 Å². The number of hydrogen-bond acceptors (Lipinski definition) is 3. The van der Waals surface area contributed by atoms with Gasteiger partial charge in [-0.1, -0.05) is 0 Å². The average molecular weight is 248 g/mol. The highest BCUT2D eigenvalue weighted by Crippen LogP contribution is 2.23. The number of aryl methyl sites for hydroxylation is 1. The third kappa shape index (κ3) is 2.31. The van der Waals surface area contributed by atoms with Crippen LogP contribution in [-0.4, -0.2) is 28.9 Å². The van der Waals surface area contributed by atoms with Crippen LogP contribution in [0.4, 0.5) is 0 Å². The summed E-state index contributed by atoms with van der Waals surface area (Å²) in [7, 11) is 0. The average Bonchev–Trinajstić information content (AvgIpc) is 2.69. The Kier molecular flexibility index (Phi) is 3.43. The summed E-state index contributed by atoms with van der Waals surface area (Å²) >= 11 is 1.63. The maximum Gasteiger partial charge on any atom is 0.253 e. The molecule has 0 spiro atoms. The summed E-state index contributed by atoms with van der Waals surface area (Å²) in [5.74, 6) is 0.1000. The number of fused-ring (bicyclic) bond motifs is 1. The number of carbonyl (C=O) groups is 1. The molecule has 1 amide bonds. The zero-order chi connectivity index (χ0) is 12.4. The predicted octanol–water partition coefficient (Wildman–Crippen LogP) is 3.09. The Morgan fingerprint density at radius 1 is 1.35 bits per heavy atom. The molecule has 90 valence electrons. The molecule has 0 bridgehead atoms. The summed E-state index contributed by atoms with van der Waals surface area (Å²) < 4.78 is 1.08. The zero-order valence-electron chi connectivity index (χ0n) is 10.4. The first-order valence-corrected chi connectivity index (χ1v) is 6.63. The highest BCUT2D eigenvalue weighted by Gasteiger charge is 2.13. The first-order chi connectivity index (χ1) is 8.15. The van der Waals surface area contributed by atoms with Crippen molar-refractivity contribution in [2.75, 3.05) is 13.1 Å². The third-order valence-electron chi connectivity index (χ3n) is 2.79. The number of carbonyl (C=O) groups excluding carboxylic acids is 1. The van der Waals surface area contributed by atoms with Gasteiger partial charge in [0.1, 0.15) is 0 Å². The highest BCUT2D eigenvalue weighted by atomic mass is 32.1. The minimum absolute atomic E-state index is 0.1000. The summed E-state index contributed by atoms with van der Waals surface area (Å²) in [5, 5.41) is 1.03. The van der Waals surface area contributed by atoms with E-state index in [4.69, 9.17) is 0 Å². The SMILES string of the molecule is CCN(CC)C(=O)c1ccc2nc(C)sc2c1. The van der Waals surface area contributed by atoms with Gasteiger partial charge in [0.05, 0.1) is 15.2 Å². The molecule has 2 aromatic rings. The molecule has 0 fully saturated rings. The Hall–Kier alpha value is -1.42. The molecule has 0 saturated heterocycles. The van der Waals surface area contributed by atoms with Crippen LogP contribution in [0.3, 0.4) is 0 Å². The first kappa shape index (κ1) is 12.0. The minimum Gasteiger partial charge on any atom is -0.339 e. The van der Waals surface area contributed by atoms with Crippen molar-refractivity contribution < 1.29 is 4.79 Å². The van der Waals surface area contributed by atoms with Crippen LogP contribution in [0.25, 0.3) is 10.2 Å². The van der Waals surface area contributed by atoms with Gasteiger partial charge in [-0.15, -0.1) is 11.3 Å². The number of amides is 1. The van der Waals surface area contributed by atoms with Crippen molar-refractivity contribution >= 4 is 27.5 Å². The molecule has 2 rings (SSSR count). The van der Waals surface area contributed by atoms with Crippen molar-refractivity contribution in [3.63, 3.8) is 0 Å². The van der Waals surface area contributed by atoms with E-state index < -0.39 is 0 Å². The molecule has 0 aliphatic carbocycles. The molecule has 1 aromatic heterocycles. The molecule has 1 aromatic carbocycles. The number of aromatic nitrogens is 1. The monoisotopic (exact) mass is 248 g/mol. The Morgan fingerprint density at radius 2 is 2.06 bits per heavy atom. The van der Waals surface area contributed by atoms with Crippen LogP contribution in [0.15, 0.2) is 18.2 Å². The predicted molar refractivity (Wildman–Crippen MR) is 71.6 cm³/mol. The van der Waals surface area contributed by atoms with Gasteiger partial charge in [-0.05, 0) is 39.0 Å². The van der Waals surface area contributed by atoms with Gasteiger partial charge in [0.25, 0.3) is 5.91 Å². The van der Waals surface area contributed by atoms with Crippen molar-refractivity contribution in [3.8, 4) is 0 Å². The largest absolute Gasteiger partial charge is 0.339 e. The summed E-state index contributed by atoms with van der Waals surface area (Å²) in [5.41, 5.74) is 1.73. The van der Waals surface area contributed by atoms with Crippen molar-refractivity contribution in [2.45, 2.75) is 20.8 Å². The number of rotatable bonds is 3. The standard InChI is InChI=1S/C13H16N2OS/c1-4-15(5-2)13(16)10-6-7-11-12(8-10)17-9(3)14-11/h6-8H,4-5H2,1-3H3. The molecule has 0 unspecified atom stereocenters. The lowest BCUT2D eigenvalue weighted by molar-refractivity contribution is 0.0773. The molecule has 3 nitrogen and oxygen atoms in total. The van der Waals surface area contributed by atoms with Crippen molar-refractivity contribution in [2.24, 2.45) is 0 Å². The number of thiazole rings is 1. The van der Waals surface area contributed by atoms with E-state index in [1.165, 1.54) is 0 Å². The fourth-order valence-electron chi connectivity index (χ4n) is 1.87. The Balaban J connectivity index is 2.38. The van der Waals surface area contributed by atoms with Crippen LogP contribution in [-0.2, 0) is 0 Å². The quantitative estimate of drug-likeness (QED) is 0.836. The van der Waals surface area contributed by atoms with Gasteiger partial charge in [0.15, 0.2) is 0 Å². The summed E-state index contributed by atoms with van der Waals surface area (Å²) in [4.78, 5) is 18.4. The molecule has 1 heterocycles. The molecule has 0 saturated carbocycles. The summed E-state index contributed by atoms with van der Waals surface area (Å²) in [6.07, 6.45) is 0. The third-order valence-corrected chi connectivity index (χ3v) is 3.73. The molecular formula is C13H16N2OS. The van der Waals surface area contributed by atoms with Crippen LogP contribution in [0.2, 0.25) is 0 Å². The van der Waals surface area contributed by atoms with E-state index in [-0.39, 0.29) is 5.91 Å². The molecule has 0 N–H and O–H groups in total. The fraction of sp³-hybridized carbons (Fsp3) is 0.385. The molecule has 4 heteroatoms. The van der Waals surface area contributed by atoms with Crippen LogP contribution < -0.4 is 0 Å². The van der Waals surface area contributed by atoms with Crippen LogP contribution in [0.1, 0.15) is 29.2 Å². The lowest BCUT2D eigenvalue weighted by Crippen LogP contribution is -2.30. The van der Waals surface area contributed by atoms with Crippen LogP contribution in [0, 0.1) is 6.92 Å². The van der Waals surface area contributed by atoms with E-state index in [2.05, 4.69) is 4.98 Å².